The highest BCUT2D eigenvalue weighted by Gasteiger charge is 2.11. The van der Waals surface area contributed by atoms with Gasteiger partial charge in [0.2, 0.25) is 0 Å². The van der Waals surface area contributed by atoms with Crippen molar-refractivity contribution in [2.24, 2.45) is 0 Å². The van der Waals surface area contributed by atoms with Gasteiger partial charge in [-0.25, -0.2) is 8.78 Å². The molecular weight excluding hydrogens is 302 g/mol. The van der Waals surface area contributed by atoms with Gasteiger partial charge >= 0.3 is 0 Å². The molecule has 0 heterocycles. The summed E-state index contributed by atoms with van der Waals surface area (Å²) in [4.78, 5) is 11.9. The Morgan fingerprint density at radius 2 is 1.72 bits per heavy atom. The minimum absolute atomic E-state index is 0.0734. The topological polar surface area (TPSA) is 17.1 Å². The summed E-state index contributed by atoms with van der Waals surface area (Å²) in [5.41, 5.74) is 0.983. The molecule has 0 bridgehead atoms. The lowest BCUT2D eigenvalue weighted by Gasteiger charge is -2.05. The van der Waals surface area contributed by atoms with Crippen molar-refractivity contribution in [3.8, 4) is 0 Å². The normalized spacial score (nSPS) is 10.4. The summed E-state index contributed by atoms with van der Waals surface area (Å²) in [6.07, 6.45) is 0.0734. The Balaban J connectivity index is 2.21. The summed E-state index contributed by atoms with van der Waals surface area (Å²) in [7, 11) is 0. The van der Waals surface area contributed by atoms with Crippen LogP contribution in [0, 0.1) is 11.6 Å². The molecule has 0 atom stereocenters. The predicted octanol–water partition coefficient (Wildman–Crippen LogP) is 4.15. The molecule has 0 aromatic heterocycles. The first-order valence-electron chi connectivity index (χ1n) is 5.29. The van der Waals surface area contributed by atoms with Gasteiger partial charge in [-0.1, -0.05) is 12.1 Å². The van der Waals surface area contributed by atoms with Crippen molar-refractivity contribution in [2.75, 3.05) is 0 Å². The summed E-state index contributed by atoms with van der Waals surface area (Å²) >= 11 is 3.11. The number of rotatable bonds is 3. The first kappa shape index (κ1) is 12.9. The first-order valence-corrected chi connectivity index (χ1v) is 6.09. The molecule has 2 aromatic carbocycles. The predicted molar refractivity (Wildman–Crippen MR) is 68.5 cm³/mol. The highest BCUT2D eigenvalue weighted by atomic mass is 79.9. The van der Waals surface area contributed by atoms with Crippen molar-refractivity contribution in [2.45, 2.75) is 6.42 Å². The van der Waals surface area contributed by atoms with Crippen LogP contribution in [0.2, 0.25) is 0 Å². The van der Waals surface area contributed by atoms with Gasteiger partial charge in [0.1, 0.15) is 11.6 Å². The van der Waals surface area contributed by atoms with Gasteiger partial charge in [0, 0.05) is 12.0 Å². The van der Waals surface area contributed by atoms with E-state index in [1.165, 1.54) is 30.3 Å². The summed E-state index contributed by atoms with van der Waals surface area (Å²) < 4.78 is 26.3. The van der Waals surface area contributed by atoms with E-state index in [2.05, 4.69) is 15.9 Å². The van der Waals surface area contributed by atoms with E-state index in [1.807, 2.05) is 0 Å². The van der Waals surface area contributed by atoms with Gasteiger partial charge in [0.25, 0.3) is 0 Å². The average Bonchev–Trinajstić information content (AvgIpc) is 2.36. The van der Waals surface area contributed by atoms with Crippen LogP contribution in [0.25, 0.3) is 0 Å². The molecule has 0 fully saturated rings. The van der Waals surface area contributed by atoms with E-state index in [-0.39, 0.29) is 12.2 Å². The van der Waals surface area contributed by atoms with E-state index in [9.17, 15) is 13.6 Å². The second-order valence-electron chi connectivity index (χ2n) is 3.82. The number of carbonyl (C=O) groups is 1. The Labute approximate surface area is 112 Å². The van der Waals surface area contributed by atoms with E-state index in [1.54, 1.807) is 12.1 Å². The Morgan fingerprint density at radius 3 is 2.39 bits per heavy atom. The summed E-state index contributed by atoms with van der Waals surface area (Å²) in [5.74, 6) is -0.973. The van der Waals surface area contributed by atoms with Gasteiger partial charge in [-0.15, -0.1) is 0 Å². The number of carbonyl (C=O) groups excluding carboxylic acids is 1. The molecule has 0 aliphatic carbocycles. The number of halogens is 3. The smallest absolute Gasteiger partial charge is 0.167 e. The molecule has 0 unspecified atom stereocenters. The zero-order valence-electron chi connectivity index (χ0n) is 9.29. The summed E-state index contributed by atoms with van der Waals surface area (Å²) in [6.45, 7) is 0. The average molecular weight is 311 g/mol. The molecule has 2 aromatic rings. The Bertz CT molecular complexity index is 579. The van der Waals surface area contributed by atoms with Crippen molar-refractivity contribution in [3.63, 3.8) is 0 Å². The fraction of sp³-hybridized carbons (Fsp3) is 0.0714. The lowest BCUT2D eigenvalue weighted by Crippen LogP contribution is -2.04. The standard InChI is InChI=1S/C14H9BrF2O/c15-14-10(2-1-3-12(14)17)8-13(18)9-4-6-11(16)7-5-9/h1-7H,8H2. The van der Waals surface area contributed by atoms with Crippen LogP contribution in [0.1, 0.15) is 15.9 Å². The third kappa shape index (κ3) is 2.82. The first-order chi connectivity index (χ1) is 8.58. The fourth-order valence-electron chi connectivity index (χ4n) is 1.60. The van der Waals surface area contributed by atoms with Crippen LogP contribution in [0.15, 0.2) is 46.9 Å². The van der Waals surface area contributed by atoms with Gasteiger partial charge in [-0.05, 0) is 51.8 Å². The molecule has 0 aliphatic heterocycles. The molecular formula is C14H9BrF2O. The monoisotopic (exact) mass is 310 g/mol. The number of hydrogen-bond acceptors (Lipinski definition) is 1. The van der Waals surface area contributed by atoms with Crippen LogP contribution in [0.4, 0.5) is 8.78 Å². The highest BCUT2D eigenvalue weighted by molar-refractivity contribution is 9.10. The molecule has 0 radical (unpaired) electrons. The van der Waals surface area contributed by atoms with Crippen molar-refractivity contribution < 1.29 is 13.6 Å². The fourth-order valence-corrected chi connectivity index (χ4v) is 2.00. The second kappa shape index (κ2) is 5.40. The molecule has 0 saturated heterocycles. The maximum absolute atomic E-state index is 13.3. The van der Waals surface area contributed by atoms with Gasteiger partial charge in [0.05, 0.1) is 4.47 Å². The van der Waals surface area contributed by atoms with Crippen molar-refractivity contribution in [1.82, 2.24) is 0 Å². The van der Waals surface area contributed by atoms with Crippen molar-refractivity contribution in [1.29, 1.82) is 0 Å². The minimum Gasteiger partial charge on any atom is -0.294 e. The molecule has 0 amide bonds. The molecule has 4 heteroatoms. The highest BCUT2D eigenvalue weighted by Crippen LogP contribution is 2.22. The van der Waals surface area contributed by atoms with Crippen LogP contribution in [-0.4, -0.2) is 5.78 Å². The lowest BCUT2D eigenvalue weighted by atomic mass is 10.0. The maximum atomic E-state index is 13.3. The quantitative estimate of drug-likeness (QED) is 0.778. The Morgan fingerprint density at radius 1 is 1.06 bits per heavy atom. The number of ketones is 1. The van der Waals surface area contributed by atoms with Crippen molar-refractivity contribution >= 4 is 21.7 Å². The maximum Gasteiger partial charge on any atom is 0.167 e. The van der Waals surface area contributed by atoms with Crippen LogP contribution in [0.5, 0.6) is 0 Å². The van der Waals surface area contributed by atoms with Crippen LogP contribution in [-0.2, 0) is 6.42 Å². The van der Waals surface area contributed by atoms with E-state index in [4.69, 9.17) is 0 Å². The van der Waals surface area contributed by atoms with Gasteiger partial charge in [-0.3, -0.25) is 4.79 Å². The van der Waals surface area contributed by atoms with Gasteiger partial charge in [0.15, 0.2) is 5.78 Å². The van der Waals surface area contributed by atoms with E-state index in [0.29, 0.717) is 15.6 Å². The van der Waals surface area contributed by atoms with E-state index >= 15 is 0 Å². The van der Waals surface area contributed by atoms with Crippen LogP contribution >= 0.6 is 15.9 Å². The largest absolute Gasteiger partial charge is 0.294 e. The zero-order valence-corrected chi connectivity index (χ0v) is 10.9. The molecule has 1 nitrogen and oxygen atoms in total. The third-order valence-corrected chi connectivity index (χ3v) is 3.44. The summed E-state index contributed by atoms with van der Waals surface area (Å²) in [6, 6.07) is 9.84. The minimum atomic E-state index is -0.403. The summed E-state index contributed by atoms with van der Waals surface area (Å²) in [5, 5.41) is 0. The lowest BCUT2D eigenvalue weighted by molar-refractivity contribution is 0.0992. The SMILES string of the molecule is O=C(Cc1cccc(F)c1Br)c1ccc(F)cc1. The van der Waals surface area contributed by atoms with Gasteiger partial charge in [-0.2, -0.15) is 0 Å². The zero-order chi connectivity index (χ0) is 13.1. The molecule has 0 N–H and O–H groups in total. The third-order valence-electron chi connectivity index (χ3n) is 2.55. The Hall–Kier alpha value is -1.55. The molecule has 0 spiro atoms. The molecule has 18 heavy (non-hydrogen) atoms. The molecule has 0 saturated carbocycles. The molecule has 2 rings (SSSR count). The Kier molecular flexibility index (Phi) is 3.87. The van der Waals surface area contributed by atoms with E-state index in [0.717, 1.165) is 0 Å². The number of benzene rings is 2. The number of Topliss-reactive ketones (excluding diaryl/α,β-unsaturated/α-hetero) is 1. The van der Waals surface area contributed by atoms with Crippen LogP contribution < -0.4 is 0 Å². The van der Waals surface area contributed by atoms with Crippen LogP contribution in [0.3, 0.4) is 0 Å². The van der Waals surface area contributed by atoms with E-state index < -0.39 is 11.6 Å². The molecule has 92 valence electrons. The van der Waals surface area contributed by atoms with Gasteiger partial charge < -0.3 is 0 Å². The van der Waals surface area contributed by atoms with Crippen molar-refractivity contribution in [3.05, 3.63) is 69.7 Å². The second-order valence-corrected chi connectivity index (χ2v) is 4.61. The number of hydrogen-bond donors (Lipinski definition) is 0. The molecule has 0 aliphatic rings.